The minimum atomic E-state index is -0.422. The van der Waals surface area contributed by atoms with E-state index < -0.39 is 5.41 Å². The van der Waals surface area contributed by atoms with Gasteiger partial charge < -0.3 is 14.7 Å². The molecule has 1 atom stereocenters. The molecule has 7 heteroatoms. The van der Waals surface area contributed by atoms with E-state index in [9.17, 15) is 14.4 Å². The summed E-state index contributed by atoms with van der Waals surface area (Å²) < 4.78 is 0. The summed E-state index contributed by atoms with van der Waals surface area (Å²) in [7, 11) is 1.78. The number of rotatable bonds is 2. The molecule has 0 saturated carbocycles. The summed E-state index contributed by atoms with van der Waals surface area (Å²) in [6.45, 7) is 6.22. The summed E-state index contributed by atoms with van der Waals surface area (Å²) in [6, 6.07) is 6.82. The Bertz CT molecular complexity index is 749. The lowest BCUT2D eigenvalue weighted by molar-refractivity contribution is -0.135. The molecular formula is C20H26ClN3O3. The van der Waals surface area contributed by atoms with Crippen LogP contribution < -0.4 is 0 Å². The number of amides is 3. The van der Waals surface area contributed by atoms with Gasteiger partial charge in [0.2, 0.25) is 11.8 Å². The zero-order valence-corrected chi connectivity index (χ0v) is 16.8. The summed E-state index contributed by atoms with van der Waals surface area (Å²) in [4.78, 5) is 43.3. The lowest BCUT2D eigenvalue weighted by atomic mass is 9.85. The molecule has 2 fully saturated rings. The van der Waals surface area contributed by atoms with E-state index in [2.05, 4.69) is 0 Å². The van der Waals surface area contributed by atoms with Gasteiger partial charge >= 0.3 is 0 Å². The maximum Gasteiger partial charge on any atom is 0.253 e. The molecule has 146 valence electrons. The topological polar surface area (TPSA) is 60.9 Å². The predicted octanol–water partition coefficient (Wildman–Crippen LogP) is 2.13. The molecule has 0 aliphatic carbocycles. The first-order valence-electron chi connectivity index (χ1n) is 9.28. The lowest BCUT2D eigenvalue weighted by Gasteiger charge is -2.33. The Morgan fingerprint density at radius 3 is 2.19 bits per heavy atom. The van der Waals surface area contributed by atoms with Gasteiger partial charge in [-0.15, -0.1) is 0 Å². The number of likely N-dealkylation sites (tertiary alicyclic amines) is 1. The van der Waals surface area contributed by atoms with Crippen molar-refractivity contribution in [3.05, 3.63) is 34.9 Å². The molecule has 2 aliphatic rings. The molecule has 6 nitrogen and oxygen atoms in total. The molecule has 3 amide bonds. The van der Waals surface area contributed by atoms with Crippen molar-refractivity contribution in [1.82, 2.24) is 14.7 Å². The van der Waals surface area contributed by atoms with E-state index in [-0.39, 0.29) is 23.6 Å². The van der Waals surface area contributed by atoms with Gasteiger partial charge in [0.05, 0.1) is 0 Å². The van der Waals surface area contributed by atoms with Crippen molar-refractivity contribution in [2.45, 2.75) is 20.3 Å². The van der Waals surface area contributed by atoms with Gasteiger partial charge in [-0.25, -0.2) is 0 Å². The average molecular weight is 392 g/mol. The molecule has 1 spiro atoms. The van der Waals surface area contributed by atoms with Crippen LogP contribution >= 0.6 is 11.6 Å². The van der Waals surface area contributed by atoms with Gasteiger partial charge in [-0.3, -0.25) is 14.4 Å². The Kier molecular flexibility index (Phi) is 5.47. The lowest BCUT2D eigenvalue weighted by Crippen LogP contribution is -2.45. The van der Waals surface area contributed by atoms with Gasteiger partial charge in [0.15, 0.2) is 0 Å². The van der Waals surface area contributed by atoms with Gasteiger partial charge in [0.25, 0.3) is 5.91 Å². The summed E-state index contributed by atoms with van der Waals surface area (Å²) in [6.07, 6.45) is 0.357. The largest absolute Gasteiger partial charge is 0.345 e. The molecule has 0 radical (unpaired) electrons. The van der Waals surface area contributed by atoms with Crippen molar-refractivity contribution in [2.75, 3.05) is 39.8 Å². The maximum absolute atomic E-state index is 13.1. The average Bonchev–Trinajstić information content (AvgIpc) is 2.79. The van der Waals surface area contributed by atoms with E-state index in [0.717, 1.165) is 0 Å². The van der Waals surface area contributed by atoms with E-state index in [1.54, 1.807) is 41.1 Å². The number of hydrogen-bond donors (Lipinski definition) is 0. The molecule has 2 saturated heterocycles. The SMILES string of the molecule is CC(C)C(=O)N1CCN(C(=O)c2ccc(Cl)cc2)C[C@]2(CC(=O)N(C)C2)C1. The van der Waals surface area contributed by atoms with Crippen LogP contribution in [0.1, 0.15) is 30.6 Å². The van der Waals surface area contributed by atoms with Crippen molar-refractivity contribution in [1.29, 1.82) is 0 Å². The van der Waals surface area contributed by atoms with Crippen LogP contribution in [-0.2, 0) is 9.59 Å². The van der Waals surface area contributed by atoms with E-state index in [1.807, 2.05) is 18.7 Å². The Morgan fingerprint density at radius 2 is 1.63 bits per heavy atom. The van der Waals surface area contributed by atoms with Gasteiger partial charge in [0, 0.05) is 68.1 Å². The minimum absolute atomic E-state index is 0.0627. The molecule has 0 bridgehead atoms. The molecule has 1 aromatic carbocycles. The Labute approximate surface area is 165 Å². The number of nitrogens with zero attached hydrogens (tertiary/aromatic N) is 3. The van der Waals surface area contributed by atoms with Gasteiger partial charge in [0.1, 0.15) is 0 Å². The zero-order valence-electron chi connectivity index (χ0n) is 16.1. The highest BCUT2D eigenvalue weighted by Crippen LogP contribution is 2.35. The molecule has 0 aromatic heterocycles. The van der Waals surface area contributed by atoms with Crippen molar-refractivity contribution in [3.8, 4) is 0 Å². The van der Waals surface area contributed by atoms with Gasteiger partial charge in [-0.2, -0.15) is 0 Å². The van der Waals surface area contributed by atoms with Crippen LogP contribution in [0.2, 0.25) is 5.02 Å². The zero-order chi connectivity index (χ0) is 19.8. The fourth-order valence-electron chi connectivity index (χ4n) is 4.08. The van der Waals surface area contributed by atoms with Crippen molar-refractivity contribution in [2.24, 2.45) is 11.3 Å². The monoisotopic (exact) mass is 391 g/mol. The standard InChI is InChI=1S/C20H26ClN3O3/c1-14(2)18(26)23-8-9-24(19(27)15-4-6-16(21)7-5-15)13-20(12-23)10-17(25)22(3)11-20/h4-7,14H,8-13H2,1-3H3/t20-/m0/s1. The quantitative estimate of drug-likeness (QED) is 0.775. The third-order valence-electron chi connectivity index (χ3n) is 5.40. The van der Waals surface area contributed by atoms with Crippen LogP contribution in [0.25, 0.3) is 0 Å². The first-order valence-corrected chi connectivity index (χ1v) is 9.66. The Morgan fingerprint density at radius 1 is 1.04 bits per heavy atom. The third-order valence-corrected chi connectivity index (χ3v) is 5.65. The van der Waals surface area contributed by atoms with Crippen LogP contribution in [0.4, 0.5) is 0 Å². The number of carbonyl (C=O) groups is 3. The second kappa shape index (κ2) is 7.50. The van der Waals surface area contributed by atoms with Crippen LogP contribution in [0.3, 0.4) is 0 Å². The second-order valence-electron chi connectivity index (χ2n) is 8.07. The first kappa shape index (κ1) is 19.7. The third kappa shape index (κ3) is 4.10. The van der Waals surface area contributed by atoms with E-state index in [0.29, 0.717) is 49.7 Å². The van der Waals surface area contributed by atoms with Crippen LogP contribution in [0, 0.1) is 11.3 Å². The fraction of sp³-hybridized carbons (Fsp3) is 0.550. The number of halogens is 1. The molecule has 0 N–H and O–H groups in total. The Balaban J connectivity index is 1.88. The van der Waals surface area contributed by atoms with Crippen LogP contribution in [0.15, 0.2) is 24.3 Å². The number of carbonyl (C=O) groups excluding carboxylic acids is 3. The maximum atomic E-state index is 13.1. The van der Waals surface area contributed by atoms with Gasteiger partial charge in [-0.05, 0) is 24.3 Å². The molecule has 1 aromatic rings. The minimum Gasteiger partial charge on any atom is -0.345 e. The smallest absolute Gasteiger partial charge is 0.253 e. The highest BCUT2D eigenvalue weighted by Gasteiger charge is 2.47. The molecule has 27 heavy (non-hydrogen) atoms. The molecular weight excluding hydrogens is 366 g/mol. The highest BCUT2D eigenvalue weighted by atomic mass is 35.5. The second-order valence-corrected chi connectivity index (χ2v) is 8.51. The van der Waals surface area contributed by atoms with E-state index in [4.69, 9.17) is 11.6 Å². The van der Waals surface area contributed by atoms with E-state index in [1.165, 1.54) is 0 Å². The number of hydrogen-bond acceptors (Lipinski definition) is 3. The summed E-state index contributed by atoms with van der Waals surface area (Å²) in [5, 5.41) is 0.579. The van der Waals surface area contributed by atoms with Crippen molar-refractivity contribution >= 4 is 29.3 Å². The normalized spacial score (nSPS) is 23.3. The molecule has 2 heterocycles. The van der Waals surface area contributed by atoms with E-state index >= 15 is 0 Å². The summed E-state index contributed by atoms with van der Waals surface area (Å²) in [5.41, 5.74) is 0.144. The van der Waals surface area contributed by atoms with Crippen LogP contribution in [-0.4, -0.2) is 72.2 Å². The molecule has 3 rings (SSSR count). The summed E-state index contributed by atoms with van der Waals surface area (Å²) >= 11 is 5.93. The first-order chi connectivity index (χ1) is 12.7. The predicted molar refractivity (Wildman–Crippen MR) is 103 cm³/mol. The highest BCUT2D eigenvalue weighted by molar-refractivity contribution is 6.30. The summed E-state index contributed by atoms with van der Waals surface area (Å²) in [5.74, 6) is -0.0767. The fourth-order valence-corrected chi connectivity index (χ4v) is 4.20. The van der Waals surface area contributed by atoms with Crippen molar-refractivity contribution < 1.29 is 14.4 Å². The molecule has 0 unspecified atom stereocenters. The Hall–Kier alpha value is -2.08. The van der Waals surface area contributed by atoms with Crippen molar-refractivity contribution in [3.63, 3.8) is 0 Å². The molecule has 2 aliphatic heterocycles. The van der Waals surface area contributed by atoms with Gasteiger partial charge in [-0.1, -0.05) is 25.4 Å². The van der Waals surface area contributed by atoms with Crippen LogP contribution in [0.5, 0.6) is 0 Å². The number of benzene rings is 1.